The van der Waals surface area contributed by atoms with Gasteiger partial charge in [0, 0.05) is 19.3 Å². The molecule has 2 aliphatic rings. The van der Waals surface area contributed by atoms with Gasteiger partial charge in [-0.2, -0.15) is 0 Å². The fraction of sp³-hybridized carbons (Fsp3) is 1.00. The fourth-order valence-electron chi connectivity index (χ4n) is 2.31. The summed E-state index contributed by atoms with van der Waals surface area (Å²) in [5, 5.41) is 7.09. The lowest BCUT2D eigenvalue weighted by molar-refractivity contribution is 0.0651. The maximum absolute atomic E-state index is 5.35. The van der Waals surface area contributed by atoms with Crippen LogP contribution in [0.4, 0.5) is 0 Å². The largest absolute Gasteiger partial charge is 0.381 e. The molecular formula is C11H22N2O. The minimum Gasteiger partial charge on any atom is -0.381 e. The van der Waals surface area contributed by atoms with Crippen LogP contribution in [-0.4, -0.2) is 38.9 Å². The molecule has 2 aliphatic heterocycles. The topological polar surface area (TPSA) is 33.3 Å². The van der Waals surface area contributed by atoms with Crippen LogP contribution in [0.15, 0.2) is 0 Å². The molecule has 14 heavy (non-hydrogen) atoms. The lowest BCUT2D eigenvalue weighted by atomic mass is 9.99. The van der Waals surface area contributed by atoms with Gasteiger partial charge in [0.1, 0.15) is 0 Å². The fourth-order valence-corrected chi connectivity index (χ4v) is 2.31. The smallest absolute Gasteiger partial charge is 0.0469 e. The first-order valence-electron chi connectivity index (χ1n) is 5.97. The second kappa shape index (κ2) is 5.69. The standard InChI is InChI=1S/C11H22N2O/c1-5-12-6-2-11(1)13-9-10-3-7-14-8-4-10/h10-13H,1-9H2. The molecule has 0 aromatic heterocycles. The van der Waals surface area contributed by atoms with E-state index >= 15 is 0 Å². The molecule has 0 amide bonds. The Labute approximate surface area is 86.6 Å². The molecule has 0 saturated carbocycles. The number of hydrogen-bond donors (Lipinski definition) is 2. The Morgan fingerprint density at radius 3 is 2.50 bits per heavy atom. The van der Waals surface area contributed by atoms with E-state index in [9.17, 15) is 0 Å². The zero-order chi connectivity index (χ0) is 9.64. The van der Waals surface area contributed by atoms with Crippen LogP contribution < -0.4 is 10.6 Å². The van der Waals surface area contributed by atoms with Gasteiger partial charge in [-0.3, -0.25) is 0 Å². The number of hydrogen-bond acceptors (Lipinski definition) is 3. The van der Waals surface area contributed by atoms with Gasteiger partial charge in [-0.15, -0.1) is 0 Å². The van der Waals surface area contributed by atoms with Gasteiger partial charge < -0.3 is 15.4 Å². The SMILES string of the molecule is C1CC(NCC2CCOCC2)CCN1. The highest BCUT2D eigenvalue weighted by Gasteiger charge is 2.17. The number of ether oxygens (including phenoxy) is 1. The molecule has 2 N–H and O–H groups in total. The van der Waals surface area contributed by atoms with E-state index in [1.165, 1.54) is 45.3 Å². The molecule has 0 bridgehead atoms. The summed E-state index contributed by atoms with van der Waals surface area (Å²) >= 11 is 0. The zero-order valence-corrected chi connectivity index (χ0v) is 8.93. The monoisotopic (exact) mass is 198 g/mol. The van der Waals surface area contributed by atoms with Crippen molar-refractivity contribution in [1.82, 2.24) is 10.6 Å². The van der Waals surface area contributed by atoms with Crippen molar-refractivity contribution in [3.8, 4) is 0 Å². The van der Waals surface area contributed by atoms with Crippen molar-refractivity contribution in [3.63, 3.8) is 0 Å². The van der Waals surface area contributed by atoms with Crippen LogP contribution in [0.1, 0.15) is 25.7 Å². The molecule has 0 aromatic rings. The third kappa shape index (κ3) is 3.23. The molecule has 2 rings (SSSR count). The summed E-state index contributed by atoms with van der Waals surface area (Å²) in [4.78, 5) is 0. The molecule has 0 atom stereocenters. The molecular weight excluding hydrogens is 176 g/mol. The van der Waals surface area contributed by atoms with Gasteiger partial charge in [0.25, 0.3) is 0 Å². The van der Waals surface area contributed by atoms with Crippen molar-refractivity contribution < 1.29 is 4.74 Å². The summed E-state index contributed by atoms with van der Waals surface area (Å²) in [5.74, 6) is 0.860. The van der Waals surface area contributed by atoms with E-state index in [1.807, 2.05) is 0 Å². The van der Waals surface area contributed by atoms with E-state index in [4.69, 9.17) is 4.74 Å². The van der Waals surface area contributed by atoms with Crippen LogP contribution in [0.2, 0.25) is 0 Å². The predicted octanol–water partition coefficient (Wildman–Crippen LogP) is 0.755. The quantitative estimate of drug-likeness (QED) is 0.702. The maximum Gasteiger partial charge on any atom is 0.0469 e. The molecule has 0 radical (unpaired) electrons. The lowest BCUT2D eigenvalue weighted by Gasteiger charge is -2.28. The molecule has 0 spiro atoms. The highest BCUT2D eigenvalue weighted by atomic mass is 16.5. The third-order valence-electron chi connectivity index (χ3n) is 3.38. The Balaban J connectivity index is 1.60. The second-order valence-electron chi connectivity index (χ2n) is 4.49. The van der Waals surface area contributed by atoms with Gasteiger partial charge in [-0.05, 0) is 51.2 Å². The van der Waals surface area contributed by atoms with Crippen LogP contribution in [0.5, 0.6) is 0 Å². The highest BCUT2D eigenvalue weighted by Crippen LogP contribution is 2.14. The van der Waals surface area contributed by atoms with Gasteiger partial charge in [0.2, 0.25) is 0 Å². The minimum absolute atomic E-state index is 0.763. The minimum atomic E-state index is 0.763. The van der Waals surface area contributed by atoms with Crippen molar-refractivity contribution in [2.24, 2.45) is 5.92 Å². The van der Waals surface area contributed by atoms with Crippen LogP contribution >= 0.6 is 0 Å². The average molecular weight is 198 g/mol. The molecule has 3 heteroatoms. The zero-order valence-electron chi connectivity index (χ0n) is 8.93. The number of rotatable bonds is 3. The molecule has 2 heterocycles. The van der Waals surface area contributed by atoms with Crippen molar-refractivity contribution >= 4 is 0 Å². The Hall–Kier alpha value is -0.120. The van der Waals surface area contributed by atoms with Gasteiger partial charge >= 0.3 is 0 Å². The van der Waals surface area contributed by atoms with Crippen molar-refractivity contribution in [2.75, 3.05) is 32.8 Å². The van der Waals surface area contributed by atoms with Gasteiger partial charge in [0.15, 0.2) is 0 Å². The lowest BCUT2D eigenvalue weighted by Crippen LogP contribution is -2.42. The van der Waals surface area contributed by atoms with Gasteiger partial charge in [0.05, 0.1) is 0 Å². The molecule has 2 fully saturated rings. The van der Waals surface area contributed by atoms with Crippen molar-refractivity contribution in [3.05, 3.63) is 0 Å². The first-order chi connectivity index (χ1) is 6.95. The predicted molar refractivity (Wildman–Crippen MR) is 57.4 cm³/mol. The Bertz CT molecular complexity index is 133. The van der Waals surface area contributed by atoms with E-state index in [2.05, 4.69) is 10.6 Å². The number of piperidine rings is 1. The van der Waals surface area contributed by atoms with E-state index in [0.29, 0.717) is 0 Å². The van der Waals surface area contributed by atoms with E-state index < -0.39 is 0 Å². The Kier molecular flexibility index (Phi) is 4.22. The van der Waals surface area contributed by atoms with Crippen LogP contribution in [0.25, 0.3) is 0 Å². The van der Waals surface area contributed by atoms with Crippen molar-refractivity contribution in [1.29, 1.82) is 0 Å². The van der Waals surface area contributed by atoms with Gasteiger partial charge in [-0.25, -0.2) is 0 Å². The third-order valence-corrected chi connectivity index (χ3v) is 3.38. The normalized spacial score (nSPS) is 26.6. The summed E-state index contributed by atoms with van der Waals surface area (Å²) in [7, 11) is 0. The summed E-state index contributed by atoms with van der Waals surface area (Å²) < 4.78 is 5.35. The van der Waals surface area contributed by atoms with Crippen molar-refractivity contribution in [2.45, 2.75) is 31.7 Å². The molecule has 3 nitrogen and oxygen atoms in total. The molecule has 2 saturated heterocycles. The van der Waals surface area contributed by atoms with Crippen LogP contribution in [0.3, 0.4) is 0 Å². The first kappa shape index (κ1) is 10.4. The molecule has 0 aromatic carbocycles. The van der Waals surface area contributed by atoms with E-state index in [1.54, 1.807) is 0 Å². The first-order valence-corrected chi connectivity index (χ1v) is 5.97. The number of nitrogens with one attached hydrogen (secondary N) is 2. The average Bonchev–Trinajstić information content (AvgIpc) is 2.29. The Morgan fingerprint density at radius 2 is 1.79 bits per heavy atom. The van der Waals surface area contributed by atoms with E-state index in [0.717, 1.165) is 25.2 Å². The summed E-state index contributed by atoms with van der Waals surface area (Å²) in [6, 6.07) is 0.763. The van der Waals surface area contributed by atoms with Gasteiger partial charge in [-0.1, -0.05) is 0 Å². The van der Waals surface area contributed by atoms with Crippen LogP contribution in [0, 0.1) is 5.92 Å². The maximum atomic E-state index is 5.35. The van der Waals surface area contributed by atoms with Crippen LogP contribution in [-0.2, 0) is 4.74 Å². The highest BCUT2D eigenvalue weighted by molar-refractivity contribution is 4.76. The molecule has 0 aliphatic carbocycles. The summed E-state index contributed by atoms with van der Waals surface area (Å²) in [6.45, 7) is 5.52. The molecule has 82 valence electrons. The summed E-state index contributed by atoms with van der Waals surface area (Å²) in [5.41, 5.74) is 0. The van der Waals surface area contributed by atoms with E-state index in [-0.39, 0.29) is 0 Å². The molecule has 0 unspecified atom stereocenters. The Morgan fingerprint density at radius 1 is 1.07 bits per heavy atom. The summed E-state index contributed by atoms with van der Waals surface area (Å²) in [6.07, 6.45) is 5.09. The second-order valence-corrected chi connectivity index (χ2v) is 4.49.